The van der Waals surface area contributed by atoms with Gasteiger partial charge in [-0.25, -0.2) is 0 Å². The molecule has 2 aromatic rings. The first kappa shape index (κ1) is 20.1. The number of hydrogen-bond donors (Lipinski definition) is 2. The molecule has 0 bridgehead atoms. The number of amides is 2. The molecule has 0 atom stereocenters. The number of anilines is 1. The van der Waals surface area contributed by atoms with Gasteiger partial charge in [0.25, 0.3) is 5.91 Å². The van der Waals surface area contributed by atoms with Crippen molar-refractivity contribution in [2.45, 2.75) is 12.8 Å². The van der Waals surface area contributed by atoms with Gasteiger partial charge in [0.1, 0.15) is 5.84 Å². The molecule has 0 aliphatic carbocycles. The molecule has 0 aromatic heterocycles. The topological polar surface area (TPSA) is 85.6 Å². The lowest BCUT2D eigenvalue weighted by atomic mass is 10.1. The third-order valence-electron chi connectivity index (χ3n) is 4.00. The highest BCUT2D eigenvalue weighted by Crippen LogP contribution is 2.19. The second-order valence-corrected chi connectivity index (χ2v) is 7.52. The quantitative estimate of drug-likeness (QED) is 0.752. The molecular weight excluding hydrogens is 396 g/mol. The fraction of sp³-hybridized carbons (Fsp3) is 0.200. The minimum Gasteiger partial charge on any atom is -0.325 e. The zero-order valence-corrected chi connectivity index (χ0v) is 16.6. The Hall–Kier alpha value is -2.64. The number of amidine groups is 2. The lowest BCUT2D eigenvalue weighted by molar-refractivity contribution is -0.117. The number of nitrogens with one attached hydrogen (secondary N) is 2. The Kier molecular flexibility index (Phi) is 6.84. The molecule has 1 heterocycles. The highest BCUT2D eigenvalue weighted by molar-refractivity contribution is 8.14. The molecule has 2 aromatic carbocycles. The van der Waals surface area contributed by atoms with E-state index in [0.717, 1.165) is 17.3 Å². The zero-order valence-electron chi connectivity index (χ0n) is 15.0. The van der Waals surface area contributed by atoms with Crippen molar-refractivity contribution in [3.63, 3.8) is 0 Å². The van der Waals surface area contributed by atoms with Gasteiger partial charge in [-0.3, -0.25) is 15.0 Å². The van der Waals surface area contributed by atoms with Gasteiger partial charge < -0.3 is 10.2 Å². The first-order valence-electron chi connectivity index (χ1n) is 8.70. The SMILES string of the molecule is N=C1CC(=O)N=C(SCC(=O)Nc2cccc(Cl)c2)N1CCc1ccccc1. The van der Waals surface area contributed by atoms with Crippen molar-refractivity contribution in [1.29, 1.82) is 5.41 Å². The molecule has 28 heavy (non-hydrogen) atoms. The maximum Gasteiger partial charge on any atom is 0.255 e. The van der Waals surface area contributed by atoms with Crippen molar-refractivity contribution < 1.29 is 9.59 Å². The molecule has 0 spiro atoms. The standard InChI is InChI=1S/C20H19ClN4O2S/c21-15-7-4-8-16(11-15)23-19(27)13-28-20-24-18(26)12-17(22)25(20)10-9-14-5-2-1-3-6-14/h1-8,11,22H,9-10,12-13H2,(H,23,27). The second-order valence-electron chi connectivity index (χ2n) is 6.15. The molecule has 2 amide bonds. The lowest BCUT2D eigenvalue weighted by Gasteiger charge is -2.28. The summed E-state index contributed by atoms with van der Waals surface area (Å²) in [4.78, 5) is 29.8. The lowest BCUT2D eigenvalue weighted by Crippen LogP contribution is -2.41. The van der Waals surface area contributed by atoms with E-state index in [1.165, 1.54) is 0 Å². The number of thioether (sulfide) groups is 1. The number of rotatable bonds is 6. The van der Waals surface area contributed by atoms with Gasteiger partial charge in [0.15, 0.2) is 5.17 Å². The first-order chi connectivity index (χ1) is 13.5. The molecule has 0 saturated heterocycles. The van der Waals surface area contributed by atoms with Crippen LogP contribution in [0, 0.1) is 5.41 Å². The zero-order chi connectivity index (χ0) is 19.9. The van der Waals surface area contributed by atoms with Crippen molar-refractivity contribution in [3.05, 3.63) is 65.2 Å². The van der Waals surface area contributed by atoms with Crippen LogP contribution in [-0.4, -0.2) is 40.0 Å². The number of carbonyl (C=O) groups is 2. The Balaban J connectivity index is 1.61. The van der Waals surface area contributed by atoms with Gasteiger partial charge in [0.2, 0.25) is 5.91 Å². The Labute approximate surface area is 172 Å². The van der Waals surface area contributed by atoms with Gasteiger partial charge in [-0.1, -0.05) is 59.8 Å². The summed E-state index contributed by atoms with van der Waals surface area (Å²) in [6.45, 7) is 0.526. The van der Waals surface area contributed by atoms with Gasteiger partial charge in [0.05, 0.1) is 12.2 Å². The number of benzene rings is 2. The van der Waals surface area contributed by atoms with Crippen LogP contribution in [0.4, 0.5) is 5.69 Å². The molecule has 0 unspecified atom stereocenters. The molecule has 1 aliphatic heterocycles. The maximum absolute atomic E-state index is 12.2. The van der Waals surface area contributed by atoms with E-state index in [0.29, 0.717) is 28.8 Å². The Morgan fingerprint density at radius 3 is 2.75 bits per heavy atom. The van der Waals surface area contributed by atoms with E-state index in [9.17, 15) is 9.59 Å². The number of nitrogens with zero attached hydrogens (tertiary/aromatic N) is 2. The highest BCUT2D eigenvalue weighted by Gasteiger charge is 2.25. The minimum absolute atomic E-state index is 0.0203. The van der Waals surface area contributed by atoms with E-state index in [1.807, 2.05) is 30.3 Å². The number of halogens is 1. The van der Waals surface area contributed by atoms with Crippen LogP contribution in [0.1, 0.15) is 12.0 Å². The second kappa shape index (κ2) is 9.52. The van der Waals surface area contributed by atoms with Crippen LogP contribution in [0.15, 0.2) is 59.6 Å². The van der Waals surface area contributed by atoms with Crippen LogP contribution in [0.25, 0.3) is 0 Å². The molecule has 1 aliphatic rings. The molecule has 3 rings (SSSR count). The fourth-order valence-corrected chi connectivity index (χ4v) is 3.73. The van der Waals surface area contributed by atoms with Crippen molar-refractivity contribution in [2.75, 3.05) is 17.6 Å². The van der Waals surface area contributed by atoms with E-state index in [4.69, 9.17) is 17.0 Å². The summed E-state index contributed by atoms with van der Waals surface area (Å²) in [5.41, 5.74) is 1.74. The van der Waals surface area contributed by atoms with Crippen LogP contribution in [0.5, 0.6) is 0 Å². The summed E-state index contributed by atoms with van der Waals surface area (Å²) in [6.07, 6.45) is 0.694. The van der Waals surface area contributed by atoms with Gasteiger partial charge in [-0.05, 0) is 30.2 Å². The molecule has 6 nitrogen and oxygen atoms in total. The van der Waals surface area contributed by atoms with Gasteiger partial charge >= 0.3 is 0 Å². The van der Waals surface area contributed by atoms with Gasteiger partial charge in [-0.15, -0.1) is 0 Å². The van der Waals surface area contributed by atoms with E-state index in [1.54, 1.807) is 29.2 Å². The summed E-state index contributed by atoms with van der Waals surface area (Å²) in [5, 5.41) is 11.8. The summed E-state index contributed by atoms with van der Waals surface area (Å²) in [5.74, 6) is -0.316. The fourth-order valence-electron chi connectivity index (χ4n) is 2.68. The third kappa shape index (κ3) is 5.68. The van der Waals surface area contributed by atoms with Gasteiger partial charge in [0, 0.05) is 17.3 Å². The van der Waals surface area contributed by atoms with Crippen LogP contribution in [0.2, 0.25) is 5.02 Å². The summed E-state index contributed by atoms with van der Waals surface area (Å²) in [6, 6.07) is 16.8. The largest absolute Gasteiger partial charge is 0.325 e. The first-order valence-corrected chi connectivity index (χ1v) is 10.1. The maximum atomic E-state index is 12.2. The van der Waals surface area contributed by atoms with Crippen LogP contribution >= 0.6 is 23.4 Å². The third-order valence-corrected chi connectivity index (χ3v) is 5.21. The van der Waals surface area contributed by atoms with Crippen molar-refractivity contribution in [3.8, 4) is 0 Å². The molecular formula is C20H19ClN4O2S. The Morgan fingerprint density at radius 2 is 2.00 bits per heavy atom. The van der Waals surface area contributed by atoms with E-state index in [-0.39, 0.29) is 29.8 Å². The smallest absolute Gasteiger partial charge is 0.255 e. The van der Waals surface area contributed by atoms with Gasteiger partial charge in [-0.2, -0.15) is 4.99 Å². The molecule has 8 heteroatoms. The van der Waals surface area contributed by atoms with E-state index >= 15 is 0 Å². The number of hydrogen-bond acceptors (Lipinski definition) is 4. The van der Waals surface area contributed by atoms with E-state index < -0.39 is 0 Å². The molecule has 2 N–H and O–H groups in total. The predicted molar refractivity (Wildman–Crippen MR) is 114 cm³/mol. The van der Waals surface area contributed by atoms with Crippen molar-refractivity contribution in [2.24, 2.45) is 4.99 Å². The Morgan fingerprint density at radius 1 is 1.21 bits per heavy atom. The monoisotopic (exact) mass is 414 g/mol. The predicted octanol–water partition coefficient (Wildman–Crippen LogP) is 3.82. The molecule has 0 radical (unpaired) electrons. The summed E-state index contributed by atoms with van der Waals surface area (Å²) >= 11 is 7.07. The molecule has 0 saturated carbocycles. The summed E-state index contributed by atoms with van der Waals surface area (Å²) in [7, 11) is 0. The number of aliphatic imine (C=N–C) groups is 1. The van der Waals surface area contributed by atoms with Crippen LogP contribution in [-0.2, 0) is 16.0 Å². The van der Waals surface area contributed by atoms with Crippen molar-refractivity contribution in [1.82, 2.24) is 4.90 Å². The van der Waals surface area contributed by atoms with Crippen LogP contribution in [0.3, 0.4) is 0 Å². The molecule has 0 fully saturated rings. The number of carbonyl (C=O) groups excluding carboxylic acids is 2. The van der Waals surface area contributed by atoms with Crippen LogP contribution < -0.4 is 5.32 Å². The van der Waals surface area contributed by atoms with E-state index in [2.05, 4.69) is 10.3 Å². The summed E-state index contributed by atoms with van der Waals surface area (Å²) < 4.78 is 0. The average Bonchev–Trinajstić information content (AvgIpc) is 2.66. The highest BCUT2D eigenvalue weighted by atomic mass is 35.5. The Bertz CT molecular complexity index is 917. The molecule has 144 valence electrons. The normalized spacial score (nSPS) is 14.0. The average molecular weight is 415 g/mol. The minimum atomic E-state index is -0.362. The van der Waals surface area contributed by atoms with Crippen molar-refractivity contribution >= 4 is 51.9 Å².